The number of hydrogen-bond donors (Lipinski definition) is 2. The number of hydrogen-bond acceptors (Lipinski definition) is 2. The molecule has 0 saturated carbocycles. The van der Waals surface area contributed by atoms with E-state index < -0.39 is 17.6 Å². The first-order valence-corrected chi connectivity index (χ1v) is 8.02. The van der Waals surface area contributed by atoms with Crippen molar-refractivity contribution >= 4 is 17.5 Å². The minimum atomic E-state index is -0.678. The molecule has 0 aliphatic rings. The second kappa shape index (κ2) is 7.47. The first-order chi connectivity index (χ1) is 12.1. The quantitative estimate of drug-likeness (QED) is 0.522. The fourth-order valence-corrected chi connectivity index (χ4v) is 2.90. The van der Waals surface area contributed by atoms with E-state index in [0.717, 1.165) is 11.1 Å². The summed E-state index contributed by atoms with van der Waals surface area (Å²) in [5.41, 5.74) is 4.55. The minimum absolute atomic E-state index is 0.0572. The number of carbonyl (C=O) groups excluding carboxylic acids is 1. The summed E-state index contributed by atoms with van der Waals surface area (Å²) in [5, 5.41) is 9.17. The van der Waals surface area contributed by atoms with Crippen LogP contribution in [0.2, 0.25) is 5.02 Å². The molecule has 0 spiro atoms. The molecule has 0 aromatic heterocycles. The van der Waals surface area contributed by atoms with Crippen LogP contribution in [0.4, 0.5) is 4.39 Å². The van der Waals surface area contributed by atoms with Crippen LogP contribution in [0.3, 0.4) is 0 Å². The van der Waals surface area contributed by atoms with Gasteiger partial charge in [-0.25, -0.2) is 9.87 Å². The Balaban J connectivity index is 2.06. The van der Waals surface area contributed by atoms with Gasteiger partial charge in [-0.05, 0) is 34.4 Å². The van der Waals surface area contributed by atoms with E-state index >= 15 is 0 Å². The van der Waals surface area contributed by atoms with Gasteiger partial charge in [0, 0.05) is 0 Å². The van der Waals surface area contributed by atoms with Crippen molar-refractivity contribution in [3.63, 3.8) is 0 Å². The lowest BCUT2D eigenvalue weighted by Gasteiger charge is -2.17. The SMILES string of the molecule is O=C(NO)C(c1ccccc1)c1cccc(-c2ccc(Cl)c(F)c2)c1. The van der Waals surface area contributed by atoms with Gasteiger partial charge in [0.25, 0.3) is 5.91 Å². The third-order valence-corrected chi connectivity index (χ3v) is 4.28. The molecule has 3 aromatic rings. The van der Waals surface area contributed by atoms with Crippen molar-refractivity contribution in [2.75, 3.05) is 0 Å². The van der Waals surface area contributed by atoms with E-state index in [4.69, 9.17) is 16.8 Å². The van der Waals surface area contributed by atoms with Crippen LogP contribution in [-0.2, 0) is 4.79 Å². The second-order valence-electron chi connectivity index (χ2n) is 5.57. The Bertz CT molecular complexity index is 899. The van der Waals surface area contributed by atoms with Gasteiger partial charge in [-0.2, -0.15) is 0 Å². The van der Waals surface area contributed by atoms with E-state index in [1.54, 1.807) is 29.7 Å². The topological polar surface area (TPSA) is 49.3 Å². The summed E-state index contributed by atoms with van der Waals surface area (Å²) in [7, 11) is 0. The van der Waals surface area contributed by atoms with Crippen molar-refractivity contribution < 1.29 is 14.4 Å². The maximum Gasteiger partial charge on any atom is 0.255 e. The second-order valence-corrected chi connectivity index (χ2v) is 5.98. The highest BCUT2D eigenvalue weighted by molar-refractivity contribution is 6.30. The van der Waals surface area contributed by atoms with E-state index in [0.29, 0.717) is 11.1 Å². The molecule has 5 heteroatoms. The lowest BCUT2D eigenvalue weighted by Crippen LogP contribution is -2.27. The van der Waals surface area contributed by atoms with E-state index in [2.05, 4.69) is 0 Å². The van der Waals surface area contributed by atoms with Crippen molar-refractivity contribution in [2.45, 2.75) is 5.92 Å². The van der Waals surface area contributed by atoms with Crippen LogP contribution >= 0.6 is 11.6 Å². The molecule has 3 aromatic carbocycles. The molecule has 126 valence electrons. The van der Waals surface area contributed by atoms with E-state index in [1.165, 1.54) is 12.1 Å². The number of benzene rings is 3. The lowest BCUT2D eigenvalue weighted by atomic mass is 9.89. The van der Waals surface area contributed by atoms with Gasteiger partial charge in [0.2, 0.25) is 0 Å². The summed E-state index contributed by atoms with van der Waals surface area (Å²) >= 11 is 5.73. The predicted octanol–water partition coefficient (Wildman–Crippen LogP) is 4.78. The van der Waals surface area contributed by atoms with Gasteiger partial charge in [0.15, 0.2) is 0 Å². The zero-order chi connectivity index (χ0) is 17.8. The number of rotatable bonds is 4. The molecule has 1 atom stereocenters. The summed E-state index contributed by atoms with van der Waals surface area (Å²) in [5.74, 6) is -1.72. The zero-order valence-electron chi connectivity index (χ0n) is 13.1. The summed E-state index contributed by atoms with van der Waals surface area (Å²) in [6.45, 7) is 0. The Labute approximate surface area is 149 Å². The van der Waals surface area contributed by atoms with Gasteiger partial charge in [-0.3, -0.25) is 10.0 Å². The molecule has 0 radical (unpaired) electrons. The van der Waals surface area contributed by atoms with Gasteiger partial charge in [-0.15, -0.1) is 0 Å². The average Bonchev–Trinajstić information content (AvgIpc) is 2.65. The number of carbonyl (C=O) groups is 1. The van der Waals surface area contributed by atoms with Crippen LogP contribution in [0.5, 0.6) is 0 Å². The summed E-state index contributed by atoms with van der Waals surface area (Å²) in [6, 6.07) is 20.9. The fourth-order valence-electron chi connectivity index (χ4n) is 2.78. The molecule has 3 nitrogen and oxygen atoms in total. The molecule has 1 amide bonds. The smallest absolute Gasteiger partial charge is 0.255 e. The van der Waals surface area contributed by atoms with E-state index in [1.807, 2.05) is 36.4 Å². The van der Waals surface area contributed by atoms with Crippen LogP contribution < -0.4 is 5.48 Å². The Morgan fingerprint density at radius 1 is 0.920 bits per heavy atom. The number of amides is 1. The molecule has 0 aliphatic carbocycles. The maximum atomic E-state index is 13.7. The highest BCUT2D eigenvalue weighted by Gasteiger charge is 2.22. The monoisotopic (exact) mass is 355 g/mol. The molecular formula is C20H15ClFNO2. The van der Waals surface area contributed by atoms with Crippen LogP contribution in [0.25, 0.3) is 11.1 Å². The Morgan fingerprint density at radius 3 is 2.28 bits per heavy atom. The summed E-state index contributed by atoms with van der Waals surface area (Å²) < 4.78 is 13.7. The lowest BCUT2D eigenvalue weighted by molar-refractivity contribution is -0.129. The third-order valence-electron chi connectivity index (χ3n) is 3.98. The standard InChI is InChI=1S/C20H15ClFNO2/c21-17-10-9-15(12-18(17)22)14-7-4-8-16(11-14)19(20(24)23-25)13-5-2-1-3-6-13/h1-12,19,25H,(H,23,24). The van der Waals surface area contributed by atoms with Gasteiger partial charge in [-0.1, -0.05) is 72.3 Å². The van der Waals surface area contributed by atoms with Crippen LogP contribution in [-0.4, -0.2) is 11.1 Å². The number of nitrogens with one attached hydrogen (secondary N) is 1. The van der Waals surface area contributed by atoms with Crippen molar-refractivity contribution in [3.05, 3.63) is 94.8 Å². The largest absolute Gasteiger partial charge is 0.289 e. The third kappa shape index (κ3) is 3.71. The average molecular weight is 356 g/mol. The first kappa shape index (κ1) is 17.1. The van der Waals surface area contributed by atoms with Crippen molar-refractivity contribution in [3.8, 4) is 11.1 Å². The molecule has 0 aliphatic heterocycles. The Morgan fingerprint density at radius 2 is 1.60 bits per heavy atom. The normalized spacial score (nSPS) is 11.8. The van der Waals surface area contributed by atoms with E-state index in [9.17, 15) is 9.18 Å². The summed E-state index contributed by atoms with van der Waals surface area (Å²) in [6.07, 6.45) is 0. The van der Waals surface area contributed by atoms with Crippen LogP contribution in [0.15, 0.2) is 72.8 Å². The van der Waals surface area contributed by atoms with Crippen molar-refractivity contribution in [1.29, 1.82) is 0 Å². The molecule has 25 heavy (non-hydrogen) atoms. The van der Waals surface area contributed by atoms with Crippen LogP contribution in [0.1, 0.15) is 17.0 Å². The highest BCUT2D eigenvalue weighted by atomic mass is 35.5. The zero-order valence-corrected chi connectivity index (χ0v) is 13.9. The van der Waals surface area contributed by atoms with Gasteiger partial charge >= 0.3 is 0 Å². The van der Waals surface area contributed by atoms with Gasteiger partial charge < -0.3 is 0 Å². The van der Waals surface area contributed by atoms with E-state index in [-0.39, 0.29) is 5.02 Å². The van der Waals surface area contributed by atoms with Gasteiger partial charge in [0.05, 0.1) is 10.9 Å². The van der Waals surface area contributed by atoms with Crippen LogP contribution in [0, 0.1) is 5.82 Å². The fraction of sp³-hybridized carbons (Fsp3) is 0.0500. The van der Waals surface area contributed by atoms with Gasteiger partial charge in [0.1, 0.15) is 5.82 Å². The molecule has 0 bridgehead atoms. The highest BCUT2D eigenvalue weighted by Crippen LogP contribution is 2.30. The molecule has 0 fully saturated rings. The molecule has 3 rings (SSSR count). The Hall–Kier alpha value is -2.69. The first-order valence-electron chi connectivity index (χ1n) is 7.64. The predicted molar refractivity (Wildman–Crippen MR) is 95.1 cm³/mol. The minimum Gasteiger partial charge on any atom is -0.289 e. The Kier molecular flexibility index (Phi) is 5.12. The maximum absolute atomic E-state index is 13.7. The van der Waals surface area contributed by atoms with Crippen molar-refractivity contribution in [2.24, 2.45) is 0 Å². The molecule has 1 unspecified atom stereocenters. The molecular weight excluding hydrogens is 341 g/mol. The molecule has 0 saturated heterocycles. The molecule has 2 N–H and O–H groups in total. The number of halogens is 2. The van der Waals surface area contributed by atoms with Crippen molar-refractivity contribution in [1.82, 2.24) is 5.48 Å². The summed E-state index contributed by atoms with van der Waals surface area (Å²) in [4.78, 5) is 12.2. The number of hydroxylamine groups is 1. The molecule has 0 heterocycles.